The van der Waals surface area contributed by atoms with Crippen molar-refractivity contribution in [3.05, 3.63) is 218 Å². The van der Waals surface area contributed by atoms with Crippen molar-refractivity contribution < 1.29 is 8.83 Å². The number of furan rings is 2. The van der Waals surface area contributed by atoms with Crippen LogP contribution in [0.4, 0.5) is 34.1 Å². The summed E-state index contributed by atoms with van der Waals surface area (Å²) in [7, 11) is 0. The lowest BCUT2D eigenvalue weighted by Gasteiger charge is -2.30. The second kappa shape index (κ2) is 14.0. The predicted octanol–water partition coefficient (Wildman–Crippen LogP) is 17.7. The number of para-hydroxylation sites is 2. The molecule has 0 amide bonds. The van der Waals surface area contributed by atoms with E-state index in [4.69, 9.17) is 20.4 Å². The molecule has 2 aromatic heterocycles. The highest BCUT2D eigenvalue weighted by Crippen LogP contribution is 2.51. The fraction of sp³-hybridized carbons (Fsp3) is 0. The third-order valence-corrected chi connectivity index (χ3v) is 13.2. The molecule has 5 heteroatoms. The molecule has 4 nitrogen and oxygen atoms in total. The second-order valence-corrected chi connectivity index (χ2v) is 16.5. The van der Waals surface area contributed by atoms with Crippen molar-refractivity contribution in [3.8, 4) is 0 Å². The van der Waals surface area contributed by atoms with Gasteiger partial charge < -0.3 is 18.6 Å². The van der Waals surface area contributed by atoms with Gasteiger partial charge in [0.25, 0.3) is 0 Å². The Kier molecular flexibility index (Phi) is 7.93. The van der Waals surface area contributed by atoms with Gasteiger partial charge in [-0.2, -0.15) is 0 Å². The van der Waals surface area contributed by atoms with Crippen molar-refractivity contribution in [2.75, 3.05) is 9.80 Å². The Bertz CT molecular complexity index is 3650. The first-order valence-electron chi connectivity index (χ1n) is 21.2. The van der Waals surface area contributed by atoms with Gasteiger partial charge in [0.2, 0.25) is 0 Å². The van der Waals surface area contributed by atoms with Gasteiger partial charge in [-0.05, 0) is 125 Å². The monoisotopic (exact) mass is 826 g/mol. The van der Waals surface area contributed by atoms with Crippen molar-refractivity contribution in [1.82, 2.24) is 0 Å². The summed E-state index contributed by atoms with van der Waals surface area (Å²) in [6.45, 7) is 0. The molecule has 11 aromatic carbocycles. The van der Waals surface area contributed by atoms with E-state index in [9.17, 15) is 0 Å². The lowest BCUT2D eigenvalue weighted by Crippen LogP contribution is -2.14. The summed E-state index contributed by atoms with van der Waals surface area (Å²) in [5.41, 5.74) is 6.89. The third kappa shape index (κ3) is 5.42. The maximum absolute atomic E-state index is 7.97. The van der Waals surface area contributed by atoms with Crippen molar-refractivity contribution in [2.45, 2.75) is 0 Å². The summed E-state index contributed by atoms with van der Waals surface area (Å²) in [4.78, 5) is 4.49. The highest BCUT2D eigenvalue weighted by atomic mass is 35.5. The molecule has 0 radical (unpaired) electrons. The van der Waals surface area contributed by atoms with Gasteiger partial charge in [0.15, 0.2) is 0 Å². The fourth-order valence-corrected chi connectivity index (χ4v) is 10.3. The summed E-state index contributed by atoms with van der Waals surface area (Å²) in [6.07, 6.45) is 3.69. The van der Waals surface area contributed by atoms with E-state index < -0.39 is 0 Å². The molecule has 0 saturated heterocycles. The van der Waals surface area contributed by atoms with Crippen LogP contribution in [0.2, 0.25) is 5.02 Å². The summed E-state index contributed by atoms with van der Waals surface area (Å²) in [5.74, 6) is 0. The van der Waals surface area contributed by atoms with E-state index in [1.807, 2.05) is 36.8 Å². The molecule has 0 aliphatic heterocycles. The molecule has 0 unspecified atom stereocenters. The minimum Gasteiger partial charge on any atom is -0.462 e. The molecule has 296 valence electrons. The van der Waals surface area contributed by atoms with E-state index in [0.29, 0.717) is 5.02 Å². The third-order valence-electron chi connectivity index (χ3n) is 12.8. The number of halogens is 1. The highest BCUT2D eigenvalue weighted by Gasteiger charge is 2.27. The zero-order valence-electron chi connectivity index (χ0n) is 33.8. The number of nitrogens with zero attached hydrogens (tertiary/aromatic N) is 2. The van der Waals surface area contributed by atoms with Crippen LogP contribution in [0.1, 0.15) is 0 Å². The molecule has 0 atom stereocenters. The van der Waals surface area contributed by atoms with Gasteiger partial charge in [-0.1, -0.05) is 151 Å². The van der Waals surface area contributed by atoms with Crippen LogP contribution in [-0.2, 0) is 0 Å². The molecule has 0 N–H and O–H groups in total. The van der Waals surface area contributed by atoms with Gasteiger partial charge in [-0.3, -0.25) is 0 Å². The molecule has 13 aromatic rings. The highest BCUT2D eigenvalue weighted by molar-refractivity contribution is 6.37. The van der Waals surface area contributed by atoms with Crippen LogP contribution in [0.25, 0.3) is 86.6 Å². The number of rotatable bonds is 6. The molecule has 0 fully saturated rings. The molecular formula is C58H35ClN2O2. The average molecular weight is 827 g/mol. The Morgan fingerprint density at radius 1 is 0.270 bits per heavy atom. The van der Waals surface area contributed by atoms with E-state index in [0.717, 1.165) is 66.8 Å². The van der Waals surface area contributed by atoms with Gasteiger partial charge in [-0.25, -0.2) is 0 Å². The fourth-order valence-electron chi connectivity index (χ4n) is 10.0. The number of hydrogen-bond acceptors (Lipinski definition) is 4. The lowest BCUT2D eigenvalue weighted by atomic mass is 9.94. The molecule has 2 heterocycles. The maximum atomic E-state index is 7.97. The number of hydrogen-bond donors (Lipinski definition) is 0. The first kappa shape index (κ1) is 35.7. The van der Waals surface area contributed by atoms with Gasteiger partial charge in [0.05, 0.1) is 27.8 Å². The zero-order chi connectivity index (χ0) is 41.6. The van der Waals surface area contributed by atoms with Gasteiger partial charge in [-0.15, -0.1) is 0 Å². The number of benzene rings is 11. The molecular weight excluding hydrogens is 792 g/mol. The number of fused-ring (bicyclic) bond motifs is 14. The average Bonchev–Trinajstić information content (AvgIpc) is 3.98. The maximum Gasteiger partial charge on any atom is 0.136 e. The molecule has 0 aliphatic rings. The van der Waals surface area contributed by atoms with E-state index in [1.54, 1.807) is 0 Å². The molecule has 0 bridgehead atoms. The Morgan fingerprint density at radius 2 is 0.571 bits per heavy atom. The first-order chi connectivity index (χ1) is 31.2. The summed E-state index contributed by atoms with van der Waals surface area (Å²) < 4.78 is 12.6. The van der Waals surface area contributed by atoms with Crippen LogP contribution >= 0.6 is 11.6 Å². The van der Waals surface area contributed by atoms with Crippen molar-refractivity contribution in [3.63, 3.8) is 0 Å². The van der Waals surface area contributed by atoms with Crippen LogP contribution in [0.5, 0.6) is 0 Å². The van der Waals surface area contributed by atoms with E-state index in [1.165, 1.54) is 53.9 Å². The van der Waals surface area contributed by atoms with E-state index in [2.05, 4.69) is 186 Å². The minimum atomic E-state index is 0.569. The largest absolute Gasteiger partial charge is 0.462 e. The van der Waals surface area contributed by atoms with Gasteiger partial charge >= 0.3 is 0 Å². The van der Waals surface area contributed by atoms with Crippen LogP contribution in [0, 0.1) is 0 Å². The molecule has 63 heavy (non-hydrogen) atoms. The van der Waals surface area contributed by atoms with Gasteiger partial charge in [0, 0.05) is 22.1 Å². The SMILES string of the molecule is Clc1c(N(c2ccc3c4ccccc4c4ccccc4c3c2)c2coc3ccccc23)cccc1N(c1ccc2c3ccccc3c3ccccc3c2c1)c1coc2ccccc12. The second-order valence-electron chi connectivity index (χ2n) is 16.2. The van der Waals surface area contributed by atoms with E-state index >= 15 is 0 Å². The Balaban J connectivity index is 1.08. The van der Waals surface area contributed by atoms with Crippen molar-refractivity contribution in [2.24, 2.45) is 0 Å². The molecule has 13 rings (SSSR count). The van der Waals surface area contributed by atoms with Crippen LogP contribution in [-0.4, -0.2) is 0 Å². The standard InChI is InChI=1S/C58H35ClN2O2/c59-58-52(60(54-34-62-56-26-11-9-22-48(54)56)36-28-30-46-42-18-3-1-14-38(42)40-16-5-7-20-44(40)50(46)32-36)24-13-25-53(58)61(55-35-63-57-27-12-10-23-49(55)57)37-29-31-47-43-19-4-2-15-39(43)41-17-6-8-21-45(41)51(47)33-37/h1-35H. The Morgan fingerprint density at radius 3 is 0.937 bits per heavy atom. The summed E-state index contributed by atoms with van der Waals surface area (Å²) in [5, 5.41) is 17.0. The van der Waals surface area contributed by atoms with Gasteiger partial charge in [0.1, 0.15) is 23.7 Å². The molecule has 0 aliphatic carbocycles. The Hall–Kier alpha value is -8.05. The first-order valence-corrected chi connectivity index (χ1v) is 21.5. The number of anilines is 6. The topological polar surface area (TPSA) is 32.8 Å². The lowest BCUT2D eigenvalue weighted by molar-refractivity contribution is 0.616. The zero-order valence-corrected chi connectivity index (χ0v) is 34.6. The van der Waals surface area contributed by atoms with Crippen LogP contribution < -0.4 is 9.80 Å². The van der Waals surface area contributed by atoms with Crippen LogP contribution in [0.3, 0.4) is 0 Å². The van der Waals surface area contributed by atoms with Crippen molar-refractivity contribution >= 4 is 132 Å². The quantitative estimate of drug-likeness (QED) is 0.156. The summed E-state index contributed by atoms with van der Waals surface area (Å²) >= 11 is 7.97. The molecule has 0 spiro atoms. The van der Waals surface area contributed by atoms with Crippen molar-refractivity contribution in [1.29, 1.82) is 0 Å². The van der Waals surface area contributed by atoms with E-state index in [-0.39, 0.29) is 0 Å². The smallest absolute Gasteiger partial charge is 0.136 e. The predicted molar refractivity (Wildman–Crippen MR) is 265 cm³/mol. The minimum absolute atomic E-state index is 0.569. The molecule has 0 saturated carbocycles. The van der Waals surface area contributed by atoms with Crippen LogP contribution in [0.15, 0.2) is 222 Å². The normalized spacial score (nSPS) is 11.9. The Labute approximate surface area is 367 Å². The summed E-state index contributed by atoms with van der Waals surface area (Å²) in [6, 6.07) is 70.9.